The van der Waals surface area contributed by atoms with Crippen molar-refractivity contribution in [1.29, 1.82) is 0 Å². The van der Waals surface area contributed by atoms with Gasteiger partial charge in [-0.1, -0.05) is 6.07 Å². The molecule has 0 fully saturated rings. The first kappa shape index (κ1) is 21.7. The summed E-state index contributed by atoms with van der Waals surface area (Å²) in [4.78, 5) is 12.3. The van der Waals surface area contributed by atoms with Gasteiger partial charge in [-0.25, -0.2) is 8.42 Å². The number of rotatable bonds is 8. The second kappa shape index (κ2) is 9.56. The molecule has 1 heterocycles. The van der Waals surface area contributed by atoms with Gasteiger partial charge in [0.25, 0.3) is 10.0 Å². The molecule has 0 aliphatic heterocycles. The Morgan fingerprint density at radius 3 is 2.68 bits per heavy atom. The predicted molar refractivity (Wildman–Crippen MR) is 109 cm³/mol. The maximum atomic E-state index is 12.6. The van der Waals surface area contributed by atoms with E-state index in [1.807, 2.05) is 6.92 Å². The van der Waals surface area contributed by atoms with Gasteiger partial charge < -0.3 is 19.8 Å². The number of hydrogen-bond acceptors (Lipinski definition) is 6. The number of hydrogen-bond donors (Lipinski definition) is 3. The van der Waals surface area contributed by atoms with Crippen LogP contribution in [0.15, 0.2) is 46.1 Å². The number of amides is 1. The van der Waals surface area contributed by atoms with Gasteiger partial charge in [-0.05, 0) is 49.8 Å². The van der Waals surface area contributed by atoms with Crippen molar-refractivity contribution in [1.82, 2.24) is 15.4 Å². The molecule has 0 radical (unpaired) electrons. The number of thiocarbonyl (C=S) groups is 1. The standard InChI is InChI=1S/C18H23N3O5S2/c1-4-26-15-6-5-13(9-16(15)28(23,24)21-18(27)19-3)10-17(22)20-12(2)14-7-8-25-11-14/h5-9,11-12H,4,10H2,1-3H3,(H,20,22)(H2,19,21,27). The third kappa shape index (κ3) is 5.70. The van der Waals surface area contributed by atoms with Gasteiger partial charge in [-0.3, -0.25) is 9.52 Å². The quantitative estimate of drug-likeness (QED) is 0.554. The van der Waals surface area contributed by atoms with Gasteiger partial charge in [0.1, 0.15) is 10.6 Å². The van der Waals surface area contributed by atoms with Crippen molar-refractivity contribution in [3.8, 4) is 5.75 Å². The molecule has 0 saturated heterocycles. The van der Waals surface area contributed by atoms with Crippen LogP contribution in [-0.2, 0) is 21.2 Å². The summed E-state index contributed by atoms with van der Waals surface area (Å²) in [6.07, 6.45) is 3.10. The summed E-state index contributed by atoms with van der Waals surface area (Å²) in [5, 5.41) is 5.35. The lowest BCUT2D eigenvalue weighted by atomic mass is 10.1. The molecule has 0 bridgehead atoms. The Morgan fingerprint density at radius 1 is 1.32 bits per heavy atom. The molecule has 10 heteroatoms. The van der Waals surface area contributed by atoms with Crippen molar-refractivity contribution in [2.24, 2.45) is 0 Å². The highest BCUT2D eigenvalue weighted by Gasteiger charge is 2.22. The minimum absolute atomic E-state index is 0.00753. The fourth-order valence-corrected chi connectivity index (χ4v) is 3.94. The Bertz CT molecular complexity index is 927. The summed E-state index contributed by atoms with van der Waals surface area (Å²) in [6.45, 7) is 3.88. The second-order valence-electron chi connectivity index (χ2n) is 5.92. The Morgan fingerprint density at radius 2 is 2.07 bits per heavy atom. The number of carbonyl (C=O) groups is 1. The maximum absolute atomic E-state index is 12.6. The minimum Gasteiger partial charge on any atom is -0.492 e. The van der Waals surface area contributed by atoms with E-state index in [1.165, 1.54) is 25.4 Å². The van der Waals surface area contributed by atoms with Gasteiger partial charge in [-0.15, -0.1) is 0 Å². The predicted octanol–water partition coefficient (Wildman–Crippen LogP) is 1.88. The van der Waals surface area contributed by atoms with Crippen LogP contribution in [0, 0.1) is 0 Å². The molecule has 3 N–H and O–H groups in total. The largest absolute Gasteiger partial charge is 0.492 e. The van der Waals surface area contributed by atoms with Gasteiger partial charge in [0.2, 0.25) is 5.91 Å². The van der Waals surface area contributed by atoms with Gasteiger partial charge in [0, 0.05) is 12.6 Å². The summed E-state index contributed by atoms with van der Waals surface area (Å²) in [5.74, 6) is -0.0651. The normalized spacial score (nSPS) is 12.1. The molecule has 1 aromatic carbocycles. The van der Waals surface area contributed by atoms with E-state index in [4.69, 9.17) is 21.4 Å². The SMILES string of the molecule is CCOc1ccc(CC(=O)NC(C)c2ccoc2)cc1S(=O)(=O)NC(=S)NC. The number of sulfonamides is 1. The van der Waals surface area contributed by atoms with E-state index in [-0.39, 0.29) is 34.1 Å². The van der Waals surface area contributed by atoms with Crippen LogP contribution in [0.4, 0.5) is 0 Å². The number of carbonyl (C=O) groups excluding carboxylic acids is 1. The van der Waals surface area contributed by atoms with E-state index in [2.05, 4.69) is 15.4 Å². The molecule has 0 aliphatic rings. The zero-order chi connectivity index (χ0) is 20.7. The Labute approximate surface area is 169 Å². The Balaban J connectivity index is 2.21. The van der Waals surface area contributed by atoms with Gasteiger partial charge in [-0.2, -0.15) is 0 Å². The molecule has 1 unspecified atom stereocenters. The fourth-order valence-electron chi connectivity index (χ4n) is 2.46. The highest BCUT2D eigenvalue weighted by atomic mass is 32.2. The molecule has 1 aromatic heterocycles. The Hall–Kier alpha value is -2.59. The summed E-state index contributed by atoms with van der Waals surface area (Å²) in [7, 11) is -2.45. The number of furan rings is 1. The molecule has 28 heavy (non-hydrogen) atoms. The molecule has 0 spiro atoms. The molecular weight excluding hydrogens is 402 g/mol. The van der Waals surface area contributed by atoms with E-state index in [9.17, 15) is 13.2 Å². The zero-order valence-electron chi connectivity index (χ0n) is 15.8. The van der Waals surface area contributed by atoms with Crippen LogP contribution in [0.5, 0.6) is 5.75 Å². The number of ether oxygens (including phenoxy) is 1. The molecular formula is C18H23N3O5S2. The molecule has 2 aromatic rings. The molecule has 152 valence electrons. The van der Waals surface area contributed by atoms with Crippen molar-refractivity contribution < 1.29 is 22.4 Å². The first-order valence-electron chi connectivity index (χ1n) is 8.58. The van der Waals surface area contributed by atoms with Crippen LogP contribution in [-0.4, -0.2) is 33.1 Å². The van der Waals surface area contributed by atoms with E-state index in [1.54, 1.807) is 25.3 Å². The smallest absolute Gasteiger partial charge is 0.267 e. The monoisotopic (exact) mass is 425 g/mol. The number of nitrogens with one attached hydrogen (secondary N) is 3. The van der Waals surface area contributed by atoms with Crippen molar-refractivity contribution >= 4 is 33.3 Å². The van der Waals surface area contributed by atoms with Gasteiger partial charge in [0.05, 0.1) is 31.6 Å². The van der Waals surface area contributed by atoms with Gasteiger partial charge >= 0.3 is 0 Å². The van der Waals surface area contributed by atoms with Crippen LogP contribution >= 0.6 is 12.2 Å². The fraction of sp³-hybridized carbons (Fsp3) is 0.333. The molecule has 0 aliphatic carbocycles. The topological polar surface area (TPSA) is 110 Å². The third-order valence-corrected chi connectivity index (χ3v) is 5.64. The first-order valence-corrected chi connectivity index (χ1v) is 10.5. The van der Waals surface area contributed by atoms with E-state index < -0.39 is 10.0 Å². The van der Waals surface area contributed by atoms with Crippen molar-refractivity contribution in [3.63, 3.8) is 0 Å². The lowest BCUT2D eigenvalue weighted by Crippen LogP contribution is -2.37. The summed E-state index contributed by atoms with van der Waals surface area (Å²) < 4.78 is 38.0. The van der Waals surface area contributed by atoms with Crippen LogP contribution in [0.2, 0.25) is 0 Å². The summed E-state index contributed by atoms with van der Waals surface area (Å²) in [5.41, 5.74) is 1.36. The van der Waals surface area contributed by atoms with Crippen molar-refractivity contribution in [2.75, 3.05) is 13.7 Å². The van der Waals surface area contributed by atoms with Crippen LogP contribution < -0.4 is 20.1 Å². The Kier molecular flexibility index (Phi) is 7.41. The average molecular weight is 426 g/mol. The average Bonchev–Trinajstić information content (AvgIpc) is 3.17. The number of benzene rings is 1. The van der Waals surface area contributed by atoms with Crippen molar-refractivity contribution in [2.45, 2.75) is 31.2 Å². The van der Waals surface area contributed by atoms with E-state index >= 15 is 0 Å². The van der Waals surface area contributed by atoms with E-state index in [0.29, 0.717) is 12.2 Å². The second-order valence-corrected chi connectivity index (χ2v) is 7.98. The first-order chi connectivity index (χ1) is 13.3. The summed E-state index contributed by atoms with van der Waals surface area (Å²) in [6, 6.07) is 6.13. The minimum atomic E-state index is -3.96. The molecule has 1 amide bonds. The van der Waals surface area contributed by atoms with Gasteiger partial charge in [0.15, 0.2) is 5.11 Å². The molecule has 2 rings (SSSR count). The molecule has 1 atom stereocenters. The highest BCUT2D eigenvalue weighted by molar-refractivity contribution is 7.92. The van der Waals surface area contributed by atoms with Crippen LogP contribution in [0.1, 0.15) is 31.0 Å². The highest BCUT2D eigenvalue weighted by Crippen LogP contribution is 2.25. The molecule has 8 nitrogen and oxygen atoms in total. The van der Waals surface area contributed by atoms with Crippen LogP contribution in [0.3, 0.4) is 0 Å². The van der Waals surface area contributed by atoms with Crippen LogP contribution in [0.25, 0.3) is 0 Å². The lowest BCUT2D eigenvalue weighted by Gasteiger charge is -2.15. The lowest BCUT2D eigenvalue weighted by molar-refractivity contribution is -0.121. The maximum Gasteiger partial charge on any atom is 0.267 e. The third-order valence-electron chi connectivity index (χ3n) is 3.84. The molecule has 0 saturated carbocycles. The van der Waals surface area contributed by atoms with E-state index in [0.717, 1.165) is 5.56 Å². The zero-order valence-corrected chi connectivity index (χ0v) is 17.4. The summed E-state index contributed by atoms with van der Waals surface area (Å²) >= 11 is 4.89. The van der Waals surface area contributed by atoms with Crippen molar-refractivity contribution in [3.05, 3.63) is 47.9 Å².